The monoisotopic (exact) mass is 269 g/mol. The van der Waals surface area contributed by atoms with Crippen LogP contribution in [-0.2, 0) is 0 Å². The second-order valence-corrected chi connectivity index (χ2v) is 7.89. The van der Waals surface area contributed by atoms with Crippen LogP contribution < -0.4 is 11.1 Å². The van der Waals surface area contributed by atoms with Crippen LogP contribution in [0.3, 0.4) is 0 Å². The molecule has 19 heavy (non-hydrogen) atoms. The van der Waals surface area contributed by atoms with Crippen LogP contribution in [0.1, 0.15) is 47.0 Å². The second-order valence-electron chi connectivity index (χ2n) is 7.89. The molecule has 0 aliphatic carbocycles. The highest BCUT2D eigenvalue weighted by Crippen LogP contribution is 2.33. The van der Waals surface area contributed by atoms with Gasteiger partial charge in [-0.05, 0) is 62.7 Å². The maximum absolute atomic E-state index is 5.77. The van der Waals surface area contributed by atoms with Crippen molar-refractivity contribution < 1.29 is 0 Å². The summed E-state index contributed by atoms with van der Waals surface area (Å²) in [6, 6.07) is 0. The Morgan fingerprint density at radius 2 is 1.95 bits per heavy atom. The zero-order valence-corrected chi connectivity index (χ0v) is 13.8. The van der Waals surface area contributed by atoms with Gasteiger partial charge in [-0.1, -0.05) is 27.7 Å². The molecule has 0 aromatic carbocycles. The summed E-state index contributed by atoms with van der Waals surface area (Å²) in [4.78, 5) is 2.48. The van der Waals surface area contributed by atoms with E-state index in [4.69, 9.17) is 5.73 Å². The molecule has 0 bridgehead atoms. The van der Waals surface area contributed by atoms with Crippen LogP contribution in [0.2, 0.25) is 0 Å². The molecule has 114 valence electrons. The third kappa shape index (κ3) is 5.80. The average molecular weight is 269 g/mol. The fourth-order valence-corrected chi connectivity index (χ4v) is 2.89. The van der Waals surface area contributed by atoms with Gasteiger partial charge in [0.2, 0.25) is 0 Å². The third-order valence-electron chi connectivity index (χ3n) is 4.84. The maximum atomic E-state index is 5.77. The number of likely N-dealkylation sites (tertiary alicyclic amines) is 1. The van der Waals surface area contributed by atoms with Gasteiger partial charge in [-0.15, -0.1) is 0 Å². The lowest BCUT2D eigenvalue weighted by molar-refractivity contribution is 0.102. The van der Waals surface area contributed by atoms with Crippen LogP contribution in [0.4, 0.5) is 0 Å². The number of piperidine rings is 1. The van der Waals surface area contributed by atoms with Gasteiger partial charge in [0, 0.05) is 13.1 Å². The summed E-state index contributed by atoms with van der Waals surface area (Å²) in [5.74, 6) is 0.821. The second kappa shape index (κ2) is 7.05. The first kappa shape index (κ1) is 16.9. The Bertz CT molecular complexity index is 261. The summed E-state index contributed by atoms with van der Waals surface area (Å²) in [6.07, 6.45) is 3.89. The van der Waals surface area contributed by atoms with Gasteiger partial charge in [0.25, 0.3) is 0 Å². The molecule has 3 nitrogen and oxygen atoms in total. The molecule has 1 rings (SSSR count). The van der Waals surface area contributed by atoms with Crippen LogP contribution in [0.25, 0.3) is 0 Å². The predicted molar refractivity (Wildman–Crippen MR) is 84.3 cm³/mol. The maximum Gasteiger partial charge on any atom is 0.00122 e. The Morgan fingerprint density at radius 1 is 1.26 bits per heavy atom. The van der Waals surface area contributed by atoms with Crippen molar-refractivity contribution in [3.05, 3.63) is 0 Å². The van der Waals surface area contributed by atoms with E-state index in [1.807, 2.05) is 0 Å². The minimum absolute atomic E-state index is 0.266. The summed E-state index contributed by atoms with van der Waals surface area (Å²) in [7, 11) is 2.25. The summed E-state index contributed by atoms with van der Waals surface area (Å²) < 4.78 is 0. The zero-order valence-electron chi connectivity index (χ0n) is 13.8. The minimum atomic E-state index is 0.266. The van der Waals surface area contributed by atoms with E-state index in [-0.39, 0.29) is 5.41 Å². The molecule has 3 N–H and O–H groups in total. The van der Waals surface area contributed by atoms with Crippen molar-refractivity contribution in [3.8, 4) is 0 Å². The van der Waals surface area contributed by atoms with Crippen molar-refractivity contribution >= 4 is 0 Å². The highest BCUT2D eigenvalue weighted by Gasteiger charge is 2.31. The van der Waals surface area contributed by atoms with Crippen molar-refractivity contribution in [1.82, 2.24) is 10.2 Å². The summed E-state index contributed by atoms with van der Waals surface area (Å²) in [5, 5.41) is 3.65. The fraction of sp³-hybridized carbons (Fsp3) is 1.00. The van der Waals surface area contributed by atoms with Crippen molar-refractivity contribution in [2.75, 3.05) is 39.8 Å². The standard InChI is InChI=1S/C16H35N3/c1-15(2,12-17)8-9-18-13-16(3,4)14-7-6-10-19(5)11-14/h14,18H,6-13,17H2,1-5H3. The molecule has 0 aromatic heterocycles. The number of nitrogens with zero attached hydrogens (tertiary/aromatic N) is 1. The lowest BCUT2D eigenvalue weighted by Gasteiger charge is -2.40. The highest BCUT2D eigenvalue weighted by atomic mass is 15.1. The molecule has 0 aromatic rings. The Morgan fingerprint density at radius 3 is 2.53 bits per heavy atom. The van der Waals surface area contributed by atoms with Crippen LogP contribution in [0.5, 0.6) is 0 Å². The number of hydrogen-bond acceptors (Lipinski definition) is 3. The van der Waals surface area contributed by atoms with E-state index < -0.39 is 0 Å². The molecular formula is C16H35N3. The number of nitrogens with two attached hydrogens (primary N) is 1. The van der Waals surface area contributed by atoms with Gasteiger partial charge in [-0.2, -0.15) is 0 Å². The van der Waals surface area contributed by atoms with Crippen LogP contribution in [-0.4, -0.2) is 44.7 Å². The van der Waals surface area contributed by atoms with Gasteiger partial charge >= 0.3 is 0 Å². The van der Waals surface area contributed by atoms with Gasteiger partial charge in [0.05, 0.1) is 0 Å². The van der Waals surface area contributed by atoms with Crippen molar-refractivity contribution in [1.29, 1.82) is 0 Å². The topological polar surface area (TPSA) is 41.3 Å². The molecule has 0 saturated carbocycles. The molecule has 0 radical (unpaired) electrons. The van der Waals surface area contributed by atoms with E-state index >= 15 is 0 Å². The summed E-state index contributed by atoms with van der Waals surface area (Å²) in [5.41, 5.74) is 6.43. The molecular weight excluding hydrogens is 234 g/mol. The van der Waals surface area contributed by atoms with E-state index in [1.165, 1.54) is 25.9 Å². The Hall–Kier alpha value is -0.120. The predicted octanol–water partition coefficient (Wildman–Crippen LogP) is 2.32. The minimum Gasteiger partial charge on any atom is -0.330 e. The van der Waals surface area contributed by atoms with Gasteiger partial charge < -0.3 is 16.0 Å². The first-order chi connectivity index (χ1) is 8.77. The van der Waals surface area contributed by atoms with Gasteiger partial charge in [0.1, 0.15) is 0 Å². The largest absolute Gasteiger partial charge is 0.330 e. The summed E-state index contributed by atoms with van der Waals surface area (Å²) >= 11 is 0. The molecule has 1 aliphatic rings. The molecule has 1 unspecified atom stereocenters. The van der Waals surface area contributed by atoms with Crippen LogP contribution in [0.15, 0.2) is 0 Å². The molecule has 1 saturated heterocycles. The quantitative estimate of drug-likeness (QED) is 0.697. The van der Waals surface area contributed by atoms with Gasteiger partial charge in [-0.3, -0.25) is 0 Å². The first-order valence-corrected chi connectivity index (χ1v) is 7.86. The summed E-state index contributed by atoms with van der Waals surface area (Å²) in [6.45, 7) is 14.8. The smallest absolute Gasteiger partial charge is 0.00122 e. The molecule has 0 amide bonds. The number of rotatable bonds is 7. The molecule has 0 spiro atoms. The normalized spacial score (nSPS) is 22.7. The lowest BCUT2D eigenvalue weighted by atomic mass is 9.74. The Balaban J connectivity index is 2.30. The molecule has 3 heteroatoms. The van der Waals surface area contributed by atoms with Crippen molar-refractivity contribution in [2.45, 2.75) is 47.0 Å². The third-order valence-corrected chi connectivity index (χ3v) is 4.84. The molecule has 1 fully saturated rings. The molecule has 1 aliphatic heterocycles. The van der Waals surface area contributed by atoms with E-state index in [1.54, 1.807) is 0 Å². The number of hydrogen-bond donors (Lipinski definition) is 2. The van der Waals surface area contributed by atoms with E-state index in [9.17, 15) is 0 Å². The molecule has 1 atom stereocenters. The van der Waals surface area contributed by atoms with E-state index in [2.05, 4.69) is 45.0 Å². The zero-order chi connectivity index (χ0) is 14.5. The SMILES string of the molecule is CN1CCCC(C(C)(C)CNCCC(C)(C)CN)C1. The Labute approximate surface area is 120 Å². The van der Waals surface area contributed by atoms with Gasteiger partial charge in [0.15, 0.2) is 0 Å². The van der Waals surface area contributed by atoms with E-state index in [0.717, 1.165) is 32.0 Å². The van der Waals surface area contributed by atoms with Gasteiger partial charge in [-0.25, -0.2) is 0 Å². The average Bonchev–Trinajstić information content (AvgIpc) is 2.35. The number of nitrogens with one attached hydrogen (secondary N) is 1. The van der Waals surface area contributed by atoms with Crippen molar-refractivity contribution in [3.63, 3.8) is 0 Å². The first-order valence-electron chi connectivity index (χ1n) is 7.86. The lowest BCUT2D eigenvalue weighted by Crippen LogP contribution is -2.44. The molecule has 1 heterocycles. The highest BCUT2D eigenvalue weighted by molar-refractivity contribution is 4.85. The van der Waals surface area contributed by atoms with E-state index in [0.29, 0.717) is 5.41 Å². The van der Waals surface area contributed by atoms with Crippen LogP contribution >= 0.6 is 0 Å². The Kier molecular flexibility index (Phi) is 6.28. The van der Waals surface area contributed by atoms with Crippen LogP contribution in [0, 0.1) is 16.7 Å². The van der Waals surface area contributed by atoms with Crippen molar-refractivity contribution in [2.24, 2.45) is 22.5 Å². The fourth-order valence-electron chi connectivity index (χ4n) is 2.89.